The number of benzene rings is 1. The predicted octanol–water partition coefficient (Wildman–Crippen LogP) is 1.21. The minimum Gasteiger partial charge on any atom is -0.496 e. The van der Waals surface area contributed by atoms with E-state index in [1.165, 1.54) is 0 Å². The maximum absolute atomic E-state index is 12.1. The Morgan fingerprint density at radius 1 is 1.53 bits per heavy atom. The number of methoxy groups -OCH3 is 1. The number of ether oxygens (including phenoxy) is 1. The Morgan fingerprint density at radius 3 is 2.82 bits per heavy atom. The Morgan fingerprint density at radius 2 is 2.29 bits per heavy atom. The van der Waals surface area contributed by atoms with Crippen LogP contribution in [0, 0.1) is 6.92 Å². The highest BCUT2D eigenvalue weighted by molar-refractivity contribution is 5.94. The van der Waals surface area contributed by atoms with Gasteiger partial charge in [-0.05, 0) is 37.1 Å². The molecule has 1 aliphatic rings. The summed E-state index contributed by atoms with van der Waals surface area (Å²) in [5.74, 6) is 0.760. The molecule has 1 N–H and O–H groups in total. The second kappa shape index (κ2) is 4.75. The standard InChI is InChI=1S/C13H17NO3/c1-9-7-10(3-4-12(9)17-2)13(16)14-6-5-11(15)8-14/h3-4,7,11,15H,5-6,8H2,1-2H3. The molecule has 0 aliphatic carbocycles. The van der Waals surface area contributed by atoms with Crippen LogP contribution in [0.25, 0.3) is 0 Å². The highest BCUT2D eigenvalue weighted by atomic mass is 16.5. The SMILES string of the molecule is COc1ccc(C(=O)N2CCC(O)C2)cc1C. The fourth-order valence-corrected chi connectivity index (χ4v) is 2.12. The third-order valence-corrected chi connectivity index (χ3v) is 3.09. The number of amides is 1. The van der Waals surface area contributed by atoms with E-state index in [0.717, 1.165) is 11.3 Å². The summed E-state index contributed by atoms with van der Waals surface area (Å²) in [6.07, 6.45) is 0.291. The topological polar surface area (TPSA) is 49.8 Å². The lowest BCUT2D eigenvalue weighted by Gasteiger charge is -2.16. The third-order valence-electron chi connectivity index (χ3n) is 3.09. The molecule has 92 valence electrons. The Bertz CT molecular complexity index is 431. The summed E-state index contributed by atoms with van der Waals surface area (Å²) in [4.78, 5) is 13.8. The molecule has 0 radical (unpaired) electrons. The number of hydrogen-bond donors (Lipinski definition) is 1. The molecule has 0 bridgehead atoms. The molecule has 1 aromatic carbocycles. The minimum absolute atomic E-state index is 0.0210. The molecule has 17 heavy (non-hydrogen) atoms. The molecule has 1 unspecified atom stereocenters. The summed E-state index contributed by atoms with van der Waals surface area (Å²) in [6.45, 7) is 2.98. The highest BCUT2D eigenvalue weighted by Crippen LogP contribution is 2.20. The average Bonchev–Trinajstić information content (AvgIpc) is 2.75. The van der Waals surface area contributed by atoms with E-state index in [4.69, 9.17) is 4.74 Å². The number of likely N-dealkylation sites (tertiary alicyclic amines) is 1. The maximum Gasteiger partial charge on any atom is 0.253 e. The van der Waals surface area contributed by atoms with Crippen LogP contribution in [-0.4, -0.2) is 42.2 Å². The Hall–Kier alpha value is -1.55. The number of aryl methyl sites for hydroxylation is 1. The van der Waals surface area contributed by atoms with Crippen molar-refractivity contribution in [3.8, 4) is 5.75 Å². The lowest BCUT2D eigenvalue weighted by molar-refractivity contribution is 0.0765. The first-order valence-corrected chi connectivity index (χ1v) is 5.74. The van der Waals surface area contributed by atoms with Crippen molar-refractivity contribution >= 4 is 5.91 Å². The van der Waals surface area contributed by atoms with Gasteiger partial charge < -0.3 is 14.7 Å². The smallest absolute Gasteiger partial charge is 0.253 e. The molecule has 1 amide bonds. The van der Waals surface area contributed by atoms with Gasteiger partial charge in [-0.15, -0.1) is 0 Å². The molecule has 1 aromatic rings. The van der Waals surface area contributed by atoms with E-state index in [-0.39, 0.29) is 12.0 Å². The first-order chi connectivity index (χ1) is 8.11. The summed E-state index contributed by atoms with van der Waals surface area (Å²) in [7, 11) is 1.61. The van der Waals surface area contributed by atoms with Gasteiger partial charge in [0.1, 0.15) is 5.75 Å². The van der Waals surface area contributed by atoms with Crippen LogP contribution in [0.3, 0.4) is 0 Å². The van der Waals surface area contributed by atoms with Gasteiger partial charge in [0.05, 0.1) is 13.2 Å². The molecular formula is C13H17NO3. The van der Waals surface area contributed by atoms with E-state index < -0.39 is 0 Å². The molecule has 4 nitrogen and oxygen atoms in total. The van der Waals surface area contributed by atoms with Crippen LogP contribution >= 0.6 is 0 Å². The summed E-state index contributed by atoms with van der Waals surface area (Å²) in [5, 5.41) is 9.42. The summed E-state index contributed by atoms with van der Waals surface area (Å²) < 4.78 is 5.16. The van der Waals surface area contributed by atoms with Gasteiger partial charge in [0.15, 0.2) is 0 Å². The van der Waals surface area contributed by atoms with Crippen molar-refractivity contribution in [3.05, 3.63) is 29.3 Å². The minimum atomic E-state index is -0.377. The first-order valence-electron chi connectivity index (χ1n) is 5.74. The molecule has 0 aromatic heterocycles. The number of aliphatic hydroxyl groups excluding tert-OH is 1. The van der Waals surface area contributed by atoms with Gasteiger partial charge in [0, 0.05) is 18.7 Å². The average molecular weight is 235 g/mol. The van der Waals surface area contributed by atoms with Gasteiger partial charge >= 0.3 is 0 Å². The summed E-state index contributed by atoms with van der Waals surface area (Å²) in [5.41, 5.74) is 1.59. The van der Waals surface area contributed by atoms with Crippen molar-refractivity contribution in [2.24, 2.45) is 0 Å². The van der Waals surface area contributed by atoms with E-state index in [1.807, 2.05) is 13.0 Å². The van der Waals surface area contributed by atoms with E-state index in [9.17, 15) is 9.90 Å². The van der Waals surface area contributed by atoms with Crippen LogP contribution in [0.15, 0.2) is 18.2 Å². The molecule has 2 rings (SSSR count). The lowest BCUT2D eigenvalue weighted by Crippen LogP contribution is -2.29. The van der Waals surface area contributed by atoms with Gasteiger partial charge in [0.25, 0.3) is 5.91 Å². The lowest BCUT2D eigenvalue weighted by atomic mass is 10.1. The van der Waals surface area contributed by atoms with Crippen molar-refractivity contribution in [3.63, 3.8) is 0 Å². The van der Waals surface area contributed by atoms with Crippen molar-refractivity contribution in [1.29, 1.82) is 0 Å². The molecule has 0 spiro atoms. The van der Waals surface area contributed by atoms with Gasteiger partial charge in [-0.3, -0.25) is 4.79 Å². The molecule has 1 fully saturated rings. The number of nitrogens with zero attached hydrogens (tertiary/aromatic N) is 1. The molecular weight excluding hydrogens is 218 g/mol. The van der Waals surface area contributed by atoms with Gasteiger partial charge in [0.2, 0.25) is 0 Å². The molecule has 1 aliphatic heterocycles. The second-order valence-electron chi connectivity index (χ2n) is 4.38. The van der Waals surface area contributed by atoms with Gasteiger partial charge in [-0.1, -0.05) is 0 Å². The Kier molecular flexibility index (Phi) is 3.33. The van der Waals surface area contributed by atoms with Gasteiger partial charge in [-0.2, -0.15) is 0 Å². The second-order valence-corrected chi connectivity index (χ2v) is 4.38. The quantitative estimate of drug-likeness (QED) is 0.838. The number of aliphatic hydroxyl groups is 1. The number of hydrogen-bond acceptors (Lipinski definition) is 3. The zero-order valence-corrected chi connectivity index (χ0v) is 10.1. The van der Waals surface area contributed by atoms with Crippen LogP contribution < -0.4 is 4.74 Å². The molecule has 1 heterocycles. The third kappa shape index (κ3) is 2.42. The zero-order chi connectivity index (χ0) is 12.4. The fraction of sp³-hybridized carbons (Fsp3) is 0.462. The number of carbonyl (C=O) groups excluding carboxylic acids is 1. The van der Waals surface area contributed by atoms with Crippen LogP contribution in [0.5, 0.6) is 5.75 Å². The van der Waals surface area contributed by atoms with Crippen LogP contribution in [0.2, 0.25) is 0 Å². The summed E-state index contributed by atoms with van der Waals surface area (Å²) in [6, 6.07) is 5.39. The van der Waals surface area contributed by atoms with Crippen molar-refractivity contribution in [2.45, 2.75) is 19.4 Å². The molecule has 1 saturated heterocycles. The predicted molar refractivity (Wildman–Crippen MR) is 64.3 cm³/mol. The largest absolute Gasteiger partial charge is 0.496 e. The Balaban J connectivity index is 2.17. The number of rotatable bonds is 2. The van der Waals surface area contributed by atoms with Crippen LogP contribution in [0.4, 0.5) is 0 Å². The Labute approximate surface area is 101 Å². The normalized spacial score (nSPS) is 19.5. The van der Waals surface area contributed by atoms with Crippen molar-refractivity contribution in [1.82, 2.24) is 4.90 Å². The zero-order valence-electron chi connectivity index (χ0n) is 10.1. The molecule has 0 saturated carbocycles. The summed E-state index contributed by atoms with van der Waals surface area (Å²) >= 11 is 0. The van der Waals surface area contributed by atoms with E-state index in [1.54, 1.807) is 24.1 Å². The number of carbonyl (C=O) groups is 1. The molecule has 1 atom stereocenters. The van der Waals surface area contributed by atoms with Crippen molar-refractivity contribution < 1.29 is 14.6 Å². The van der Waals surface area contributed by atoms with E-state index in [2.05, 4.69) is 0 Å². The number of β-amino-alcohol motifs (C(OH)–C–C–N with tert-alkyl or cyclic N) is 1. The van der Waals surface area contributed by atoms with E-state index in [0.29, 0.717) is 25.1 Å². The maximum atomic E-state index is 12.1. The molecule has 4 heteroatoms. The van der Waals surface area contributed by atoms with Crippen LogP contribution in [-0.2, 0) is 0 Å². The van der Waals surface area contributed by atoms with Crippen molar-refractivity contribution in [2.75, 3.05) is 20.2 Å². The van der Waals surface area contributed by atoms with Crippen LogP contribution in [0.1, 0.15) is 22.3 Å². The highest BCUT2D eigenvalue weighted by Gasteiger charge is 2.25. The van der Waals surface area contributed by atoms with Gasteiger partial charge in [-0.25, -0.2) is 0 Å². The monoisotopic (exact) mass is 235 g/mol. The first kappa shape index (κ1) is 11.9. The fourth-order valence-electron chi connectivity index (χ4n) is 2.12. The van der Waals surface area contributed by atoms with E-state index >= 15 is 0 Å².